The highest BCUT2D eigenvalue weighted by atomic mass is 32.2. The van der Waals surface area contributed by atoms with Gasteiger partial charge in [-0.25, -0.2) is 4.68 Å². The van der Waals surface area contributed by atoms with Gasteiger partial charge in [-0.15, -0.1) is 30.0 Å². The molecule has 0 saturated carbocycles. The van der Waals surface area contributed by atoms with Gasteiger partial charge in [-0.3, -0.25) is 14.4 Å². The Labute approximate surface area is 226 Å². The molecular weight excluding hydrogens is 504 g/mol. The van der Waals surface area contributed by atoms with E-state index in [1.807, 2.05) is 24.3 Å². The molecule has 2 aromatic rings. The highest BCUT2D eigenvalue weighted by Gasteiger charge is 2.74. The minimum atomic E-state index is -0.811. The number of aliphatic hydroxyl groups excluding tert-OH is 1. The van der Waals surface area contributed by atoms with Crippen LogP contribution in [0.2, 0.25) is 0 Å². The van der Waals surface area contributed by atoms with Gasteiger partial charge in [0, 0.05) is 25.4 Å². The predicted octanol–water partition coefficient (Wildman–Crippen LogP) is 1.52. The molecule has 1 spiro atoms. The van der Waals surface area contributed by atoms with E-state index in [2.05, 4.69) is 23.5 Å². The fourth-order valence-corrected chi connectivity index (χ4v) is 8.67. The van der Waals surface area contributed by atoms with Gasteiger partial charge in [-0.2, -0.15) is 0 Å². The highest BCUT2D eigenvalue weighted by Crippen LogP contribution is 2.67. The van der Waals surface area contributed by atoms with Crippen LogP contribution in [0.5, 0.6) is 0 Å². The number of rotatable bonds is 10. The van der Waals surface area contributed by atoms with Crippen molar-refractivity contribution in [3.05, 3.63) is 49.6 Å². The molecule has 3 aliphatic heterocycles. The van der Waals surface area contributed by atoms with Crippen molar-refractivity contribution in [2.45, 2.75) is 48.5 Å². The standard InChI is InChI=1S/C27H34N6O4S/c1-5-13-30(4)24(35)21-20-11-12-27(38-20)22(21)25(36)33(17(3)15-34)23(27)26(37)31(14-6-2)16-32-19-10-8-7-9-18(19)28-29-32/h5-10,17,20-23,34H,1-2,11-16H2,3-4H3/t17-,20+,21-,22+,23?,27?/m1/s1. The number of benzene rings is 1. The summed E-state index contributed by atoms with van der Waals surface area (Å²) in [6.45, 7) is 9.82. The summed E-state index contributed by atoms with van der Waals surface area (Å²) in [4.78, 5) is 46.8. The Hall–Kier alpha value is -3.18. The lowest BCUT2D eigenvalue weighted by Crippen LogP contribution is -2.57. The van der Waals surface area contributed by atoms with Crippen LogP contribution in [0, 0.1) is 11.8 Å². The first-order valence-electron chi connectivity index (χ1n) is 12.9. The average molecular weight is 539 g/mol. The Morgan fingerprint density at radius 2 is 2.00 bits per heavy atom. The van der Waals surface area contributed by atoms with Crippen molar-refractivity contribution in [2.24, 2.45) is 11.8 Å². The summed E-state index contributed by atoms with van der Waals surface area (Å²) in [6, 6.07) is 6.13. The quantitative estimate of drug-likeness (QED) is 0.457. The summed E-state index contributed by atoms with van der Waals surface area (Å²) in [5.41, 5.74) is 1.51. The fourth-order valence-electron chi connectivity index (χ4n) is 6.48. The van der Waals surface area contributed by atoms with Crippen molar-refractivity contribution in [2.75, 3.05) is 26.7 Å². The molecule has 0 radical (unpaired) electrons. The molecule has 3 saturated heterocycles. The van der Waals surface area contributed by atoms with E-state index >= 15 is 0 Å². The number of thioether (sulfide) groups is 1. The van der Waals surface area contributed by atoms with Crippen LogP contribution in [0.1, 0.15) is 19.8 Å². The largest absolute Gasteiger partial charge is 0.394 e. The smallest absolute Gasteiger partial charge is 0.248 e. The highest BCUT2D eigenvalue weighted by molar-refractivity contribution is 8.02. The number of amides is 3. The molecule has 6 atom stereocenters. The van der Waals surface area contributed by atoms with Crippen LogP contribution in [-0.4, -0.2) is 101 Å². The number of likely N-dealkylation sites (N-methyl/N-ethyl adjacent to an activating group) is 1. The zero-order chi connectivity index (χ0) is 27.2. The molecule has 2 unspecified atom stereocenters. The first kappa shape index (κ1) is 26.4. The van der Waals surface area contributed by atoms with Crippen molar-refractivity contribution in [3.63, 3.8) is 0 Å². The molecule has 0 aliphatic carbocycles. The number of aromatic nitrogens is 3. The van der Waals surface area contributed by atoms with Gasteiger partial charge in [0.2, 0.25) is 17.7 Å². The first-order valence-corrected chi connectivity index (χ1v) is 13.8. The van der Waals surface area contributed by atoms with E-state index < -0.39 is 28.7 Å². The molecular formula is C27H34N6O4S. The molecule has 5 rings (SSSR count). The molecule has 3 fully saturated rings. The van der Waals surface area contributed by atoms with E-state index in [9.17, 15) is 19.5 Å². The summed E-state index contributed by atoms with van der Waals surface area (Å²) in [5, 5.41) is 18.5. The van der Waals surface area contributed by atoms with E-state index in [0.29, 0.717) is 13.0 Å². The van der Waals surface area contributed by atoms with Crippen molar-refractivity contribution in [1.29, 1.82) is 0 Å². The summed E-state index contributed by atoms with van der Waals surface area (Å²) in [7, 11) is 1.72. The monoisotopic (exact) mass is 538 g/mol. The van der Waals surface area contributed by atoms with E-state index in [4.69, 9.17) is 0 Å². The summed E-state index contributed by atoms with van der Waals surface area (Å²) in [5.74, 6) is -1.68. The SMILES string of the molecule is C=CCN(C)C(=O)[C@@H]1[C@@H]2CCC3(S2)C(C(=O)N(CC=C)Cn2nnc4ccccc42)N([C@H](C)CO)C(=O)[C@H]13. The minimum Gasteiger partial charge on any atom is -0.394 e. The van der Waals surface area contributed by atoms with Gasteiger partial charge in [0.25, 0.3) is 0 Å². The number of carbonyl (C=O) groups is 3. The number of nitrogens with zero attached hydrogens (tertiary/aromatic N) is 6. The van der Waals surface area contributed by atoms with Crippen LogP contribution in [0.3, 0.4) is 0 Å². The number of fused-ring (bicyclic) bond motifs is 2. The Morgan fingerprint density at radius 1 is 1.26 bits per heavy atom. The third-order valence-electron chi connectivity index (χ3n) is 8.16. The Bertz CT molecular complexity index is 1280. The first-order chi connectivity index (χ1) is 18.3. The van der Waals surface area contributed by atoms with Crippen LogP contribution in [0.4, 0.5) is 0 Å². The number of likely N-dealkylation sites (tertiary alicyclic amines) is 1. The van der Waals surface area contributed by atoms with Crippen molar-refractivity contribution in [3.8, 4) is 0 Å². The van der Waals surface area contributed by atoms with Gasteiger partial charge < -0.3 is 19.8 Å². The molecule has 1 aromatic heterocycles. The Balaban J connectivity index is 1.53. The van der Waals surface area contributed by atoms with Gasteiger partial charge in [0.05, 0.1) is 34.7 Å². The molecule has 4 heterocycles. The molecule has 202 valence electrons. The lowest BCUT2D eigenvalue weighted by molar-refractivity contribution is -0.147. The van der Waals surface area contributed by atoms with Crippen LogP contribution < -0.4 is 0 Å². The Kier molecular flexibility index (Phi) is 7.08. The molecule has 1 aromatic carbocycles. The van der Waals surface area contributed by atoms with Gasteiger partial charge >= 0.3 is 0 Å². The van der Waals surface area contributed by atoms with Crippen LogP contribution in [0.25, 0.3) is 11.0 Å². The van der Waals surface area contributed by atoms with Gasteiger partial charge in [-0.05, 0) is 31.9 Å². The second kappa shape index (κ2) is 10.2. The van der Waals surface area contributed by atoms with Crippen LogP contribution in [-0.2, 0) is 21.1 Å². The van der Waals surface area contributed by atoms with Crippen LogP contribution in [0.15, 0.2) is 49.6 Å². The third kappa shape index (κ3) is 3.94. The number of para-hydroxylation sites is 1. The van der Waals surface area contributed by atoms with Gasteiger partial charge in [-0.1, -0.05) is 29.5 Å². The maximum Gasteiger partial charge on any atom is 0.248 e. The lowest BCUT2D eigenvalue weighted by Gasteiger charge is -2.38. The molecule has 3 aliphatic rings. The number of hydrogen-bond donors (Lipinski definition) is 1. The third-order valence-corrected chi connectivity index (χ3v) is 10.1. The summed E-state index contributed by atoms with van der Waals surface area (Å²) >= 11 is 1.61. The zero-order valence-electron chi connectivity index (χ0n) is 21.8. The van der Waals surface area contributed by atoms with Gasteiger partial charge in [0.15, 0.2) is 0 Å². The predicted molar refractivity (Wildman–Crippen MR) is 145 cm³/mol. The molecule has 38 heavy (non-hydrogen) atoms. The van der Waals surface area contributed by atoms with E-state index in [0.717, 1.165) is 17.5 Å². The number of hydrogen-bond acceptors (Lipinski definition) is 7. The van der Waals surface area contributed by atoms with Crippen LogP contribution >= 0.6 is 11.8 Å². The zero-order valence-corrected chi connectivity index (χ0v) is 22.6. The van der Waals surface area contributed by atoms with E-state index in [-0.39, 0.29) is 42.8 Å². The second-order valence-electron chi connectivity index (χ2n) is 10.4. The van der Waals surface area contributed by atoms with Crippen molar-refractivity contribution >= 4 is 40.5 Å². The van der Waals surface area contributed by atoms with E-state index in [1.165, 1.54) is 0 Å². The summed E-state index contributed by atoms with van der Waals surface area (Å²) in [6.07, 6.45) is 4.73. The minimum absolute atomic E-state index is 0.0299. The molecule has 3 amide bonds. The van der Waals surface area contributed by atoms with Crippen molar-refractivity contribution < 1.29 is 19.5 Å². The maximum atomic E-state index is 14.4. The van der Waals surface area contributed by atoms with E-state index in [1.54, 1.807) is 57.3 Å². The number of aliphatic hydroxyl groups is 1. The maximum absolute atomic E-state index is 14.4. The fraction of sp³-hybridized carbons (Fsp3) is 0.519. The van der Waals surface area contributed by atoms with Crippen molar-refractivity contribution in [1.82, 2.24) is 29.7 Å². The molecule has 1 N–H and O–H groups in total. The topological polar surface area (TPSA) is 112 Å². The molecule has 2 bridgehead atoms. The summed E-state index contributed by atoms with van der Waals surface area (Å²) < 4.78 is 0.930. The average Bonchev–Trinajstić information content (AvgIpc) is 3.66. The normalized spacial score (nSPS) is 28.4. The number of carbonyl (C=O) groups excluding carboxylic acids is 3. The molecule has 10 nitrogen and oxygen atoms in total. The lowest BCUT2D eigenvalue weighted by atomic mass is 9.70. The Morgan fingerprint density at radius 3 is 2.71 bits per heavy atom. The second-order valence-corrected chi connectivity index (χ2v) is 12.0. The molecule has 11 heteroatoms. The van der Waals surface area contributed by atoms with Gasteiger partial charge in [0.1, 0.15) is 18.2 Å².